The van der Waals surface area contributed by atoms with E-state index in [1.807, 2.05) is 24.3 Å². The summed E-state index contributed by atoms with van der Waals surface area (Å²) in [5, 5.41) is 11.9. The SMILES string of the molecule is CCc1ccccc1NC(=O)c1ccc(CO)cc1. The van der Waals surface area contributed by atoms with Crippen LogP contribution in [0.4, 0.5) is 5.69 Å². The predicted octanol–water partition coefficient (Wildman–Crippen LogP) is 2.99. The van der Waals surface area contributed by atoms with E-state index in [-0.39, 0.29) is 12.5 Å². The van der Waals surface area contributed by atoms with Crippen molar-refractivity contribution in [1.29, 1.82) is 0 Å². The van der Waals surface area contributed by atoms with Gasteiger partial charge in [0.2, 0.25) is 0 Å². The normalized spacial score (nSPS) is 10.2. The zero-order valence-corrected chi connectivity index (χ0v) is 10.9. The summed E-state index contributed by atoms with van der Waals surface area (Å²) in [4.78, 5) is 12.1. The van der Waals surface area contributed by atoms with Gasteiger partial charge in [-0.3, -0.25) is 4.79 Å². The third kappa shape index (κ3) is 3.20. The lowest BCUT2D eigenvalue weighted by Gasteiger charge is -2.09. The second-order valence-electron chi connectivity index (χ2n) is 4.32. The Balaban J connectivity index is 2.16. The van der Waals surface area contributed by atoms with E-state index in [0.29, 0.717) is 5.56 Å². The molecular formula is C16H17NO2. The largest absolute Gasteiger partial charge is 0.392 e. The maximum absolute atomic E-state index is 12.1. The Morgan fingerprint density at radius 2 is 1.79 bits per heavy atom. The number of carbonyl (C=O) groups is 1. The maximum atomic E-state index is 12.1. The Bertz CT molecular complexity index is 561. The summed E-state index contributed by atoms with van der Waals surface area (Å²) in [6.07, 6.45) is 0.875. The number of benzene rings is 2. The molecule has 0 spiro atoms. The minimum absolute atomic E-state index is 0.0133. The Morgan fingerprint density at radius 1 is 1.11 bits per heavy atom. The van der Waals surface area contributed by atoms with Gasteiger partial charge in [-0.15, -0.1) is 0 Å². The molecule has 19 heavy (non-hydrogen) atoms. The Kier molecular flexibility index (Phi) is 4.31. The molecular weight excluding hydrogens is 238 g/mol. The van der Waals surface area contributed by atoms with Gasteiger partial charge in [0.05, 0.1) is 6.61 Å². The molecule has 0 aliphatic carbocycles. The van der Waals surface area contributed by atoms with Crippen LogP contribution in [0.2, 0.25) is 0 Å². The molecule has 2 N–H and O–H groups in total. The smallest absolute Gasteiger partial charge is 0.255 e. The topological polar surface area (TPSA) is 49.3 Å². The Hall–Kier alpha value is -2.13. The molecule has 0 aromatic heterocycles. The fourth-order valence-corrected chi connectivity index (χ4v) is 1.91. The van der Waals surface area contributed by atoms with Crippen molar-refractivity contribution in [3.05, 3.63) is 65.2 Å². The number of aryl methyl sites for hydroxylation is 1. The summed E-state index contributed by atoms with van der Waals surface area (Å²) in [7, 11) is 0. The second kappa shape index (κ2) is 6.16. The average molecular weight is 255 g/mol. The van der Waals surface area contributed by atoms with E-state index < -0.39 is 0 Å². The molecule has 1 amide bonds. The van der Waals surface area contributed by atoms with Crippen LogP contribution in [0.1, 0.15) is 28.4 Å². The Labute approximate surface area is 112 Å². The second-order valence-corrected chi connectivity index (χ2v) is 4.32. The van der Waals surface area contributed by atoms with E-state index in [1.165, 1.54) is 0 Å². The molecule has 0 radical (unpaired) electrons. The van der Waals surface area contributed by atoms with Crippen LogP contribution < -0.4 is 5.32 Å². The summed E-state index contributed by atoms with van der Waals surface area (Å²) < 4.78 is 0. The van der Waals surface area contributed by atoms with Gasteiger partial charge in [-0.25, -0.2) is 0 Å². The molecule has 3 heteroatoms. The lowest BCUT2D eigenvalue weighted by molar-refractivity contribution is 0.102. The van der Waals surface area contributed by atoms with Crippen molar-refractivity contribution in [2.45, 2.75) is 20.0 Å². The molecule has 0 heterocycles. The number of carbonyl (C=O) groups excluding carboxylic acids is 1. The maximum Gasteiger partial charge on any atom is 0.255 e. The fourth-order valence-electron chi connectivity index (χ4n) is 1.91. The zero-order valence-electron chi connectivity index (χ0n) is 10.9. The van der Waals surface area contributed by atoms with E-state index >= 15 is 0 Å². The first-order valence-electron chi connectivity index (χ1n) is 6.33. The molecule has 0 saturated heterocycles. The monoisotopic (exact) mass is 255 g/mol. The first-order valence-corrected chi connectivity index (χ1v) is 6.33. The Morgan fingerprint density at radius 3 is 2.42 bits per heavy atom. The lowest BCUT2D eigenvalue weighted by Crippen LogP contribution is -2.13. The number of hydrogen-bond acceptors (Lipinski definition) is 2. The summed E-state index contributed by atoms with van der Waals surface area (Å²) in [6, 6.07) is 14.7. The molecule has 98 valence electrons. The van der Waals surface area contributed by atoms with Crippen molar-refractivity contribution in [1.82, 2.24) is 0 Å². The number of amides is 1. The third-order valence-electron chi connectivity index (χ3n) is 3.05. The van der Waals surface area contributed by atoms with Gasteiger partial charge >= 0.3 is 0 Å². The molecule has 0 aliphatic heterocycles. The molecule has 2 rings (SSSR count). The van der Waals surface area contributed by atoms with Gasteiger partial charge in [-0.05, 0) is 35.7 Å². The van der Waals surface area contributed by atoms with Crippen molar-refractivity contribution in [2.75, 3.05) is 5.32 Å². The van der Waals surface area contributed by atoms with Crippen LogP contribution in [0.25, 0.3) is 0 Å². The van der Waals surface area contributed by atoms with Crippen molar-refractivity contribution in [3.8, 4) is 0 Å². The van der Waals surface area contributed by atoms with Crippen molar-refractivity contribution in [3.63, 3.8) is 0 Å². The number of anilines is 1. The number of hydrogen-bond donors (Lipinski definition) is 2. The van der Waals surface area contributed by atoms with E-state index in [2.05, 4.69) is 12.2 Å². The average Bonchev–Trinajstić information content (AvgIpc) is 2.48. The summed E-state index contributed by atoms with van der Waals surface area (Å²) in [6.45, 7) is 2.04. The number of aliphatic hydroxyl groups excluding tert-OH is 1. The van der Waals surface area contributed by atoms with Crippen LogP contribution >= 0.6 is 0 Å². The molecule has 2 aromatic carbocycles. The number of nitrogens with one attached hydrogen (secondary N) is 1. The lowest BCUT2D eigenvalue weighted by atomic mass is 10.1. The highest BCUT2D eigenvalue weighted by atomic mass is 16.3. The minimum atomic E-state index is -0.134. The van der Waals surface area contributed by atoms with Crippen LogP contribution in [0.5, 0.6) is 0 Å². The highest BCUT2D eigenvalue weighted by Crippen LogP contribution is 2.16. The van der Waals surface area contributed by atoms with E-state index in [4.69, 9.17) is 5.11 Å². The van der Waals surface area contributed by atoms with Crippen molar-refractivity contribution in [2.24, 2.45) is 0 Å². The molecule has 0 atom stereocenters. The first kappa shape index (κ1) is 13.3. The molecule has 3 nitrogen and oxygen atoms in total. The van der Waals surface area contributed by atoms with Gasteiger partial charge in [-0.2, -0.15) is 0 Å². The molecule has 2 aromatic rings. The van der Waals surface area contributed by atoms with Gasteiger partial charge in [0.25, 0.3) is 5.91 Å². The number of para-hydroxylation sites is 1. The number of aliphatic hydroxyl groups is 1. The van der Waals surface area contributed by atoms with Crippen molar-refractivity contribution >= 4 is 11.6 Å². The van der Waals surface area contributed by atoms with Crippen molar-refractivity contribution < 1.29 is 9.90 Å². The third-order valence-corrected chi connectivity index (χ3v) is 3.05. The van der Waals surface area contributed by atoms with Gasteiger partial charge in [0.15, 0.2) is 0 Å². The highest BCUT2D eigenvalue weighted by Gasteiger charge is 2.07. The molecule has 0 fully saturated rings. The fraction of sp³-hybridized carbons (Fsp3) is 0.188. The molecule has 0 bridgehead atoms. The highest BCUT2D eigenvalue weighted by molar-refractivity contribution is 6.04. The summed E-state index contributed by atoms with van der Waals surface area (Å²) in [5.41, 5.74) is 3.35. The van der Waals surface area contributed by atoms with Crippen LogP contribution in [-0.2, 0) is 13.0 Å². The van der Waals surface area contributed by atoms with Crippen LogP contribution in [-0.4, -0.2) is 11.0 Å². The standard InChI is InChI=1S/C16H17NO2/c1-2-13-5-3-4-6-15(13)17-16(19)14-9-7-12(11-18)8-10-14/h3-10,18H,2,11H2,1H3,(H,17,19). The van der Waals surface area contributed by atoms with E-state index in [1.54, 1.807) is 24.3 Å². The van der Waals surface area contributed by atoms with E-state index in [0.717, 1.165) is 23.2 Å². The predicted molar refractivity (Wildman–Crippen MR) is 76.1 cm³/mol. The van der Waals surface area contributed by atoms with Crippen LogP contribution in [0.3, 0.4) is 0 Å². The quantitative estimate of drug-likeness (QED) is 0.882. The van der Waals surface area contributed by atoms with Gasteiger partial charge in [0, 0.05) is 11.3 Å². The molecule has 0 aliphatic rings. The minimum Gasteiger partial charge on any atom is -0.392 e. The van der Waals surface area contributed by atoms with Gasteiger partial charge in [0.1, 0.15) is 0 Å². The van der Waals surface area contributed by atoms with E-state index in [9.17, 15) is 4.79 Å². The van der Waals surface area contributed by atoms with Gasteiger partial charge in [-0.1, -0.05) is 37.3 Å². The first-order chi connectivity index (χ1) is 9.24. The van der Waals surface area contributed by atoms with Crippen LogP contribution in [0, 0.1) is 0 Å². The molecule has 0 saturated carbocycles. The number of rotatable bonds is 4. The zero-order chi connectivity index (χ0) is 13.7. The molecule has 0 unspecified atom stereocenters. The van der Waals surface area contributed by atoms with Gasteiger partial charge < -0.3 is 10.4 Å². The van der Waals surface area contributed by atoms with Crippen LogP contribution in [0.15, 0.2) is 48.5 Å². The summed E-state index contributed by atoms with van der Waals surface area (Å²) >= 11 is 0. The summed E-state index contributed by atoms with van der Waals surface area (Å²) in [5.74, 6) is -0.134.